The Labute approximate surface area is 131 Å². The first-order chi connectivity index (χ1) is 11.1. The van der Waals surface area contributed by atoms with Crippen LogP contribution >= 0.6 is 0 Å². The molecule has 0 atom stereocenters. The summed E-state index contributed by atoms with van der Waals surface area (Å²) >= 11 is 0. The van der Waals surface area contributed by atoms with Crippen LogP contribution < -0.4 is 10.3 Å². The van der Waals surface area contributed by atoms with E-state index in [1.54, 1.807) is 24.3 Å². The summed E-state index contributed by atoms with van der Waals surface area (Å²) in [6.45, 7) is -0.240. The number of halogens is 1. The number of hydrogen-bond acceptors (Lipinski definition) is 4. The van der Waals surface area contributed by atoms with Gasteiger partial charge in [-0.05, 0) is 30.3 Å². The van der Waals surface area contributed by atoms with Gasteiger partial charge in [0.2, 0.25) is 0 Å². The quantitative estimate of drug-likeness (QED) is 0.694. The minimum Gasteiger partial charge on any atom is -0.496 e. The Kier molecular flexibility index (Phi) is 3.89. The summed E-state index contributed by atoms with van der Waals surface area (Å²) in [5.41, 5.74) is 0.330. The monoisotopic (exact) mass is 312 g/mol. The van der Waals surface area contributed by atoms with Crippen molar-refractivity contribution >= 4 is 16.7 Å². The van der Waals surface area contributed by atoms with Crippen molar-refractivity contribution in [2.24, 2.45) is 0 Å². The van der Waals surface area contributed by atoms with Gasteiger partial charge in [-0.1, -0.05) is 12.1 Å². The third kappa shape index (κ3) is 2.83. The first-order valence-electron chi connectivity index (χ1n) is 6.91. The lowest BCUT2D eigenvalue weighted by Crippen LogP contribution is -2.25. The van der Waals surface area contributed by atoms with Crippen LogP contribution in [-0.2, 0) is 6.54 Å². The number of para-hydroxylation sites is 1. The SMILES string of the molecule is COc1ccc(F)cc1C(=O)Cn1cnc2ccccc2c1=O. The zero-order chi connectivity index (χ0) is 16.4. The molecule has 0 N–H and O–H groups in total. The maximum atomic E-state index is 13.4. The van der Waals surface area contributed by atoms with Gasteiger partial charge in [0.25, 0.3) is 5.56 Å². The summed E-state index contributed by atoms with van der Waals surface area (Å²) in [5, 5.41) is 0.425. The Balaban J connectivity index is 1.99. The van der Waals surface area contributed by atoms with Crippen LogP contribution in [0.4, 0.5) is 4.39 Å². The molecule has 23 heavy (non-hydrogen) atoms. The number of fused-ring (bicyclic) bond motifs is 1. The van der Waals surface area contributed by atoms with Gasteiger partial charge in [-0.15, -0.1) is 0 Å². The number of carbonyl (C=O) groups is 1. The van der Waals surface area contributed by atoms with Crippen LogP contribution in [-0.4, -0.2) is 22.4 Å². The predicted octanol–water partition coefficient (Wildman–Crippen LogP) is 2.43. The zero-order valence-electron chi connectivity index (χ0n) is 12.3. The van der Waals surface area contributed by atoms with Crippen LogP contribution in [0.3, 0.4) is 0 Å². The average Bonchev–Trinajstić information content (AvgIpc) is 2.57. The molecule has 0 spiro atoms. The molecule has 2 aromatic carbocycles. The summed E-state index contributed by atoms with van der Waals surface area (Å²) in [4.78, 5) is 28.9. The fourth-order valence-corrected chi connectivity index (χ4v) is 2.36. The van der Waals surface area contributed by atoms with Gasteiger partial charge >= 0.3 is 0 Å². The number of benzene rings is 2. The van der Waals surface area contributed by atoms with Crippen molar-refractivity contribution in [3.8, 4) is 5.75 Å². The van der Waals surface area contributed by atoms with Crippen LogP contribution in [0, 0.1) is 5.82 Å². The molecule has 0 fully saturated rings. The molecule has 0 saturated heterocycles. The van der Waals surface area contributed by atoms with E-state index >= 15 is 0 Å². The van der Waals surface area contributed by atoms with Crippen molar-refractivity contribution in [2.75, 3.05) is 7.11 Å². The number of Topliss-reactive ketones (excluding diaryl/α,β-unsaturated/α-hetero) is 1. The van der Waals surface area contributed by atoms with E-state index in [1.165, 1.54) is 30.1 Å². The third-order valence-corrected chi connectivity index (χ3v) is 3.51. The first kappa shape index (κ1) is 14.9. The van der Waals surface area contributed by atoms with E-state index in [4.69, 9.17) is 4.74 Å². The highest BCUT2D eigenvalue weighted by Gasteiger charge is 2.15. The van der Waals surface area contributed by atoms with E-state index in [2.05, 4.69) is 4.98 Å². The van der Waals surface area contributed by atoms with Gasteiger partial charge < -0.3 is 4.74 Å². The van der Waals surface area contributed by atoms with Gasteiger partial charge in [0.05, 0.1) is 36.4 Å². The standard InChI is InChI=1S/C17H13FN2O3/c1-23-16-7-6-11(18)8-13(16)15(21)9-20-10-19-14-5-3-2-4-12(14)17(20)22/h2-8,10H,9H2,1H3. The Hall–Kier alpha value is -3.02. The van der Waals surface area contributed by atoms with Crippen LogP contribution in [0.25, 0.3) is 10.9 Å². The first-order valence-corrected chi connectivity index (χ1v) is 6.91. The molecule has 6 heteroatoms. The zero-order valence-corrected chi connectivity index (χ0v) is 12.3. The summed E-state index contributed by atoms with van der Waals surface area (Å²) in [5.74, 6) is -0.711. The number of ketones is 1. The molecule has 0 saturated carbocycles. The maximum absolute atomic E-state index is 13.4. The van der Waals surface area contributed by atoms with Gasteiger partial charge in [0.15, 0.2) is 5.78 Å². The maximum Gasteiger partial charge on any atom is 0.261 e. The summed E-state index contributed by atoms with van der Waals surface area (Å²) < 4.78 is 19.7. The number of carbonyl (C=O) groups excluding carboxylic acids is 1. The lowest BCUT2D eigenvalue weighted by atomic mass is 10.1. The Morgan fingerprint density at radius 3 is 2.83 bits per heavy atom. The molecule has 3 rings (SSSR count). The number of aromatic nitrogens is 2. The molecule has 5 nitrogen and oxygen atoms in total. The highest BCUT2D eigenvalue weighted by atomic mass is 19.1. The molecular weight excluding hydrogens is 299 g/mol. The second kappa shape index (κ2) is 6.00. The number of nitrogens with zero attached hydrogens (tertiary/aromatic N) is 2. The van der Waals surface area contributed by atoms with Crippen LogP contribution in [0.15, 0.2) is 53.6 Å². The van der Waals surface area contributed by atoms with Crippen LogP contribution in [0.1, 0.15) is 10.4 Å². The van der Waals surface area contributed by atoms with Gasteiger partial charge in [0.1, 0.15) is 11.6 Å². The minimum absolute atomic E-state index is 0.0903. The van der Waals surface area contributed by atoms with E-state index in [0.29, 0.717) is 10.9 Å². The number of ether oxygens (including phenoxy) is 1. The van der Waals surface area contributed by atoms with Gasteiger partial charge in [0, 0.05) is 0 Å². The predicted molar refractivity (Wildman–Crippen MR) is 83.3 cm³/mol. The molecule has 0 amide bonds. The van der Waals surface area contributed by atoms with Crippen molar-refractivity contribution in [3.05, 3.63) is 70.5 Å². The van der Waals surface area contributed by atoms with Crippen LogP contribution in [0.2, 0.25) is 0 Å². The lowest BCUT2D eigenvalue weighted by Gasteiger charge is -2.09. The second-order valence-corrected chi connectivity index (χ2v) is 4.96. The molecule has 0 aliphatic heterocycles. The fraction of sp³-hybridized carbons (Fsp3) is 0.118. The van der Waals surface area contributed by atoms with E-state index in [-0.39, 0.29) is 23.4 Å². The molecule has 1 heterocycles. The molecule has 0 unspecified atom stereocenters. The second-order valence-electron chi connectivity index (χ2n) is 4.96. The van der Waals surface area contributed by atoms with Crippen molar-refractivity contribution in [3.63, 3.8) is 0 Å². The van der Waals surface area contributed by atoms with Gasteiger partial charge in [-0.25, -0.2) is 9.37 Å². The van der Waals surface area contributed by atoms with E-state index in [0.717, 1.165) is 6.07 Å². The van der Waals surface area contributed by atoms with E-state index in [9.17, 15) is 14.0 Å². The van der Waals surface area contributed by atoms with Crippen molar-refractivity contribution in [1.29, 1.82) is 0 Å². The van der Waals surface area contributed by atoms with Crippen molar-refractivity contribution in [2.45, 2.75) is 6.54 Å². The Bertz CT molecular complexity index is 950. The fourth-order valence-electron chi connectivity index (χ4n) is 2.36. The summed E-state index contributed by atoms with van der Waals surface area (Å²) in [6, 6.07) is 10.6. The highest BCUT2D eigenvalue weighted by Crippen LogP contribution is 2.20. The number of methoxy groups -OCH3 is 1. The smallest absolute Gasteiger partial charge is 0.261 e. The molecule has 116 valence electrons. The summed E-state index contributed by atoms with van der Waals surface area (Å²) in [6.07, 6.45) is 1.31. The molecule has 3 aromatic rings. The Morgan fingerprint density at radius 1 is 1.26 bits per heavy atom. The topological polar surface area (TPSA) is 61.2 Å². The number of hydrogen-bond donors (Lipinski definition) is 0. The average molecular weight is 312 g/mol. The number of rotatable bonds is 4. The van der Waals surface area contributed by atoms with Crippen molar-refractivity contribution < 1.29 is 13.9 Å². The molecule has 0 bridgehead atoms. The summed E-state index contributed by atoms with van der Waals surface area (Å²) in [7, 11) is 1.40. The molecule has 0 radical (unpaired) electrons. The Morgan fingerprint density at radius 2 is 2.04 bits per heavy atom. The van der Waals surface area contributed by atoms with E-state index in [1.807, 2.05) is 0 Å². The lowest BCUT2D eigenvalue weighted by molar-refractivity contribution is 0.0967. The van der Waals surface area contributed by atoms with E-state index < -0.39 is 11.6 Å². The molecule has 1 aromatic heterocycles. The van der Waals surface area contributed by atoms with Crippen LogP contribution in [0.5, 0.6) is 5.75 Å². The molecule has 0 aliphatic carbocycles. The minimum atomic E-state index is -0.543. The van der Waals surface area contributed by atoms with Gasteiger partial charge in [-0.3, -0.25) is 14.2 Å². The molecular formula is C17H13FN2O3. The van der Waals surface area contributed by atoms with Gasteiger partial charge in [-0.2, -0.15) is 0 Å². The third-order valence-electron chi connectivity index (χ3n) is 3.51. The normalized spacial score (nSPS) is 10.7. The van der Waals surface area contributed by atoms with Crippen molar-refractivity contribution in [1.82, 2.24) is 9.55 Å². The highest BCUT2D eigenvalue weighted by molar-refractivity contribution is 5.98. The molecule has 0 aliphatic rings. The largest absolute Gasteiger partial charge is 0.496 e.